The summed E-state index contributed by atoms with van der Waals surface area (Å²) in [5.41, 5.74) is 4.22. The number of ketones is 1. The third-order valence-corrected chi connectivity index (χ3v) is 6.29. The third kappa shape index (κ3) is 7.71. The van der Waals surface area contributed by atoms with Crippen molar-refractivity contribution in [1.29, 1.82) is 0 Å². The minimum atomic E-state index is -4.63. The van der Waals surface area contributed by atoms with Crippen molar-refractivity contribution >= 4 is 62.1 Å². The van der Waals surface area contributed by atoms with Gasteiger partial charge in [0, 0.05) is 17.3 Å². The van der Waals surface area contributed by atoms with E-state index >= 15 is 0 Å². The minimum Gasteiger partial charge on any atom is -0.744 e. The van der Waals surface area contributed by atoms with Crippen molar-refractivity contribution in [3.8, 4) is 5.75 Å². The molecule has 0 aromatic heterocycles. The highest BCUT2D eigenvalue weighted by molar-refractivity contribution is 7.85. The number of allylic oxidation sites excluding steroid dienone is 3. The van der Waals surface area contributed by atoms with Gasteiger partial charge in [0.1, 0.15) is 15.9 Å². The normalized spacial score (nSPS) is 14.0. The first-order valence-electron chi connectivity index (χ1n) is 11.8. The van der Waals surface area contributed by atoms with E-state index in [1.54, 1.807) is 30.3 Å². The molecule has 0 fully saturated rings. The van der Waals surface area contributed by atoms with Crippen LogP contribution in [0, 0.1) is 0 Å². The van der Waals surface area contributed by atoms with Crippen LogP contribution < -0.4 is 25.9 Å². The summed E-state index contributed by atoms with van der Waals surface area (Å²) in [5, 5.41) is 28.3. The largest absolute Gasteiger partial charge is 0.744 e. The summed E-state index contributed by atoms with van der Waals surface area (Å²) in [6, 6.07) is 15.5. The molecule has 14 nitrogen and oxygen atoms in total. The summed E-state index contributed by atoms with van der Waals surface area (Å²) in [5.74, 6) is -2.00. The number of carbonyl (C=O) groups is 3. The predicted molar refractivity (Wildman–Crippen MR) is 149 cm³/mol. The van der Waals surface area contributed by atoms with E-state index in [0.717, 1.165) is 24.3 Å². The van der Waals surface area contributed by atoms with Gasteiger partial charge in [-0.15, -0.1) is 0 Å². The number of aliphatic carboxylic acids is 1. The van der Waals surface area contributed by atoms with E-state index in [4.69, 9.17) is 4.74 Å². The first kappa shape index (κ1) is 29.3. The molecule has 0 radical (unpaired) electrons. The van der Waals surface area contributed by atoms with Gasteiger partial charge in [-0.3, -0.25) is 10.2 Å². The van der Waals surface area contributed by atoms with E-state index in [-0.39, 0.29) is 17.1 Å². The number of urea groups is 1. The standard InChI is InChI=1S/C27H22N6O8S/c1-41-25-15-20(33-31-18-3-2-4-21(13-18)42(38,39)40)9-11-23(25)29-27(37)28-16-5-7-17(8-6-16)30-32-19-10-12-24(34)22(14-19)26(35)36/h2-15,30H,1H3,(H,35,36)(H2,28,29,37)(H,38,39,40)/p-2. The number of carboxylic acid groups (broad SMARTS) is 1. The molecule has 0 bridgehead atoms. The van der Waals surface area contributed by atoms with Gasteiger partial charge in [-0.05, 0) is 72.8 Å². The van der Waals surface area contributed by atoms with Crippen molar-refractivity contribution < 1.29 is 37.2 Å². The number of hydrogen-bond acceptors (Lipinski definition) is 12. The zero-order chi connectivity index (χ0) is 30.3. The lowest BCUT2D eigenvalue weighted by Gasteiger charge is -2.12. The number of carboxylic acids is 1. The SMILES string of the molecule is COc1cc(N=Nc2cccc(S(=O)(=O)[O-])c2)ccc1NC(=O)Nc1ccc(NN=C2C=CC(=O)C(C(=O)[O-])=C2)cc1. The Hall–Kier alpha value is -5.67. The minimum absolute atomic E-state index is 0.158. The van der Waals surface area contributed by atoms with E-state index in [1.165, 1.54) is 37.5 Å². The van der Waals surface area contributed by atoms with Crippen molar-refractivity contribution in [2.75, 3.05) is 23.2 Å². The number of amides is 2. The number of anilines is 3. The number of methoxy groups -OCH3 is 1. The number of rotatable bonds is 9. The van der Waals surface area contributed by atoms with Gasteiger partial charge in [-0.25, -0.2) is 13.2 Å². The van der Waals surface area contributed by atoms with E-state index in [9.17, 15) is 32.5 Å². The second kappa shape index (κ2) is 12.7. The van der Waals surface area contributed by atoms with E-state index in [2.05, 4.69) is 31.4 Å². The maximum atomic E-state index is 12.6. The first-order chi connectivity index (χ1) is 20.0. The molecule has 0 aliphatic heterocycles. The van der Waals surface area contributed by atoms with Crippen LogP contribution in [0.15, 0.2) is 111 Å². The molecule has 1 aliphatic rings. The lowest BCUT2D eigenvalue weighted by Crippen LogP contribution is -2.29. The lowest BCUT2D eigenvalue weighted by molar-refractivity contribution is -0.298. The Kier molecular flexibility index (Phi) is 8.84. The number of hydrazone groups is 1. The highest BCUT2D eigenvalue weighted by Gasteiger charge is 2.13. The Balaban J connectivity index is 1.36. The smallest absolute Gasteiger partial charge is 0.323 e. The second-order valence-corrected chi connectivity index (χ2v) is 9.76. The summed E-state index contributed by atoms with van der Waals surface area (Å²) in [7, 11) is -3.24. The molecule has 42 heavy (non-hydrogen) atoms. The fourth-order valence-electron chi connectivity index (χ4n) is 3.45. The van der Waals surface area contributed by atoms with Crippen LogP contribution in [0.5, 0.6) is 5.75 Å². The Labute approximate surface area is 238 Å². The molecule has 0 unspecified atom stereocenters. The molecular weight excluding hydrogens is 568 g/mol. The third-order valence-electron chi connectivity index (χ3n) is 5.46. The van der Waals surface area contributed by atoms with Crippen LogP contribution in [0.1, 0.15) is 0 Å². The van der Waals surface area contributed by atoms with Gasteiger partial charge in [0.15, 0.2) is 5.78 Å². The van der Waals surface area contributed by atoms with E-state index in [0.29, 0.717) is 22.7 Å². The highest BCUT2D eigenvalue weighted by Crippen LogP contribution is 2.31. The topological polar surface area (TPSA) is 214 Å². The van der Waals surface area contributed by atoms with Gasteiger partial charge in [-0.2, -0.15) is 15.3 Å². The summed E-state index contributed by atoms with van der Waals surface area (Å²) in [6.07, 6.45) is 3.53. The number of azo groups is 1. The Morgan fingerprint density at radius 3 is 2.24 bits per heavy atom. The maximum absolute atomic E-state index is 12.6. The molecule has 2 amide bonds. The Morgan fingerprint density at radius 2 is 1.57 bits per heavy atom. The van der Waals surface area contributed by atoms with Crippen molar-refractivity contribution in [1.82, 2.24) is 0 Å². The van der Waals surface area contributed by atoms with Crippen LogP contribution in [-0.4, -0.2) is 43.6 Å². The van der Waals surface area contributed by atoms with Crippen LogP contribution in [0.4, 0.5) is 33.2 Å². The molecule has 0 saturated heterocycles. The molecule has 1 aliphatic carbocycles. The predicted octanol–water partition coefficient (Wildman–Crippen LogP) is 3.24. The van der Waals surface area contributed by atoms with Gasteiger partial charge in [0.25, 0.3) is 0 Å². The fraction of sp³-hybridized carbons (Fsp3) is 0.0370. The average molecular weight is 589 g/mol. The first-order valence-corrected chi connectivity index (χ1v) is 13.3. The molecule has 3 N–H and O–H groups in total. The van der Waals surface area contributed by atoms with Crippen molar-refractivity contribution in [2.24, 2.45) is 15.3 Å². The number of nitrogens with one attached hydrogen (secondary N) is 3. The number of ether oxygens (including phenoxy) is 1. The summed E-state index contributed by atoms with van der Waals surface area (Å²) < 4.78 is 38.9. The zero-order valence-electron chi connectivity index (χ0n) is 21.6. The van der Waals surface area contributed by atoms with Crippen molar-refractivity contribution in [2.45, 2.75) is 4.90 Å². The summed E-state index contributed by atoms with van der Waals surface area (Å²) in [6.45, 7) is 0. The molecule has 0 atom stereocenters. The fourth-order valence-corrected chi connectivity index (χ4v) is 3.96. The van der Waals surface area contributed by atoms with Crippen LogP contribution in [0.25, 0.3) is 0 Å². The zero-order valence-corrected chi connectivity index (χ0v) is 22.4. The molecular formula is C27H20N6O8S-2. The molecule has 214 valence electrons. The highest BCUT2D eigenvalue weighted by atomic mass is 32.2. The molecule has 0 saturated carbocycles. The van der Waals surface area contributed by atoms with E-state index < -0.39 is 38.4 Å². The van der Waals surface area contributed by atoms with Gasteiger partial charge < -0.3 is 29.8 Å². The number of benzene rings is 3. The molecule has 3 aromatic carbocycles. The molecule has 3 aromatic rings. The number of carbonyl (C=O) groups excluding carboxylic acids is 3. The Bertz CT molecular complexity index is 1780. The number of hydrogen-bond donors (Lipinski definition) is 3. The van der Waals surface area contributed by atoms with Gasteiger partial charge in [0.2, 0.25) is 0 Å². The maximum Gasteiger partial charge on any atom is 0.323 e. The molecule has 0 heterocycles. The monoisotopic (exact) mass is 588 g/mol. The molecule has 4 rings (SSSR count). The van der Waals surface area contributed by atoms with E-state index in [1.807, 2.05) is 0 Å². The van der Waals surface area contributed by atoms with Crippen LogP contribution in [-0.2, 0) is 19.7 Å². The summed E-state index contributed by atoms with van der Waals surface area (Å²) in [4.78, 5) is 34.7. The van der Waals surface area contributed by atoms with Crippen molar-refractivity contribution in [3.05, 3.63) is 90.5 Å². The van der Waals surface area contributed by atoms with Gasteiger partial charge in [-0.1, -0.05) is 6.07 Å². The van der Waals surface area contributed by atoms with Gasteiger partial charge >= 0.3 is 6.03 Å². The van der Waals surface area contributed by atoms with Crippen molar-refractivity contribution in [3.63, 3.8) is 0 Å². The van der Waals surface area contributed by atoms with Gasteiger partial charge in [0.05, 0.1) is 46.4 Å². The summed E-state index contributed by atoms with van der Waals surface area (Å²) >= 11 is 0. The van der Waals surface area contributed by atoms with Crippen LogP contribution in [0.2, 0.25) is 0 Å². The lowest BCUT2D eigenvalue weighted by atomic mass is 10.0. The number of nitrogens with zero attached hydrogens (tertiary/aromatic N) is 3. The van der Waals surface area contributed by atoms with Crippen LogP contribution >= 0.6 is 0 Å². The molecule has 15 heteroatoms. The molecule has 0 spiro atoms. The second-order valence-electron chi connectivity index (χ2n) is 8.38. The quantitative estimate of drug-likeness (QED) is 0.110. The van der Waals surface area contributed by atoms with Crippen LogP contribution in [0.3, 0.4) is 0 Å². The average Bonchev–Trinajstić information content (AvgIpc) is 2.96. The Morgan fingerprint density at radius 1 is 0.881 bits per heavy atom.